The Labute approximate surface area is 138 Å². The van der Waals surface area contributed by atoms with Crippen LogP contribution in [0, 0.1) is 6.92 Å². The van der Waals surface area contributed by atoms with Crippen LogP contribution in [-0.2, 0) is 10.0 Å². The molecule has 1 saturated heterocycles. The first-order valence-electron chi connectivity index (χ1n) is 7.30. The monoisotopic (exact) mass is 355 g/mol. The molecule has 1 amide bonds. The number of nitrogens with one attached hydrogen (secondary N) is 1. The van der Waals surface area contributed by atoms with E-state index in [2.05, 4.69) is 10.3 Å². The Kier molecular flexibility index (Phi) is 4.51. The number of carbonyl (C=O) groups is 1. The van der Waals surface area contributed by atoms with E-state index in [0.29, 0.717) is 18.2 Å². The van der Waals surface area contributed by atoms with E-state index in [1.165, 1.54) is 27.8 Å². The molecule has 2 aromatic rings. The number of aryl methyl sites for hydroxylation is 1. The smallest absolute Gasteiger partial charge is 0.293 e. The number of amides is 1. The molecule has 1 aliphatic heterocycles. The molecular formula is C14H17N3O4S2. The van der Waals surface area contributed by atoms with Crippen molar-refractivity contribution in [3.8, 4) is 0 Å². The van der Waals surface area contributed by atoms with Gasteiger partial charge in [0.25, 0.3) is 15.9 Å². The van der Waals surface area contributed by atoms with Crippen molar-refractivity contribution in [3.05, 3.63) is 29.0 Å². The van der Waals surface area contributed by atoms with E-state index in [9.17, 15) is 13.2 Å². The van der Waals surface area contributed by atoms with E-state index in [4.69, 9.17) is 4.42 Å². The van der Waals surface area contributed by atoms with Crippen LogP contribution in [0.1, 0.15) is 35.5 Å². The van der Waals surface area contributed by atoms with Gasteiger partial charge in [-0.1, -0.05) is 6.42 Å². The van der Waals surface area contributed by atoms with Crippen LogP contribution >= 0.6 is 11.3 Å². The molecule has 2 aromatic heterocycles. The molecule has 0 bridgehead atoms. The van der Waals surface area contributed by atoms with Crippen molar-refractivity contribution >= 4 is 32.4 Å². The first-order chi connectivity index (χ1) is 11.0. The lowest BCUT2D eigenvalue weighted by Crippen LogP contribution is -2.35. The zero-order valence-corrected chi connectivity index (χ0v) is 14.2. The average Bonchev–Trinajstić information content (AvgIpc) is 3.18. The van der Waals surface area contributed by atoms with Crippen LogP contribution in [0.2, 0.25) is 0 Å². The van der Waals surface area contributed by atoms with Crippen molar-refractivity contribution in [2.75, 3.05) is 18.4 Å². The quantitative estimate of drug-likeness (QED) is 0.909. The minimum atomic E-state index is -3.67. The molecule has 0 unspecified atom stereocenters. The third-order valence-corrected chi connectivity index (χ3v) is 6.20. The molecule has 3 heterocycles. The van der Waals surface area contributed by atoms with Crippen molar-refractivity contribution in [1.29, 1.82) is 0 Å². The third kappa shape index (κ3) is 3.46. The molecule has 0 saturated carbocycles. The lowest BCUT2D eigenvalue weighted by atomic mass is 10.2. The Morgan fingerprint density at radius 2 is 2.04 bits per heavy atom. The molecular weight excluding hydrogens is 338 g/mol. The van der Waals surface area contributed by atoms with Crippen LogP contribution in [0.25, 0.3) is 0 Å². The summed E-state index contributed by atoms with van der Waals surface area (Å²) in [5.74, 6) is -0.562. The van der Waals surface area contributed by atoms with Gasteiger partial charge >= 0.3 is 0 Å². The zero-order chi connectivity index (χ0) is 16.4. The number of anilines is 1. The van der Waals surface area contributed by atoms with Crippen LogP contribution in [0.4, 0.5) is 5.13 Å². The number of rotatable bonds is 4. The number of nitrogens with zero attached hydrogens (tertiary/aromatic N) is 2. The molecule has 0 spiro atoms. The normalized spacial score (nSPS) is 16.4. The highest BCUT2D eigenvalue weighted by Crippen LogP contribution is 2.23. The predicted octanol–water partition coefficient (Wildman–Crippen LogP) is 2.47. The number of carbonyl (C=O) groups excluding carboxylic acids is 1. The fraction of sp³-hybridized carbons (Fsp3) is 0.429. The topological polar surface area (TPSA) is 92.5 Å². The van der Waals surface area contributed by atoms with E-state index in [1.807, 2.05) is 12.3 Å². The van der Waals surface area contributed by atoms with Gasteiger partial charge in [0.15, 0.2) is 10.9 Å². The van der Waals surface area contributed by atoms with Crippen LogP contribution in [0.3, 0.4) is 0 Å². The van der Waals surface area contributed by atoms with Crippen molar-refractivity contribution in [2.24, 2.45) is 0 Å². The first kappa shape index (κ1) is 16.2. The summed E-state index contributed by atoms with van der Waals surface area (Å²) in [6.45, 7) is 2.80. The molecule has 0 aliphatic carbocycles. The minimum absolute atomic E-state index is 0.0477. The van der Waals surface area contributed by atoms with Gasteiger partial charge in [-0.2, -0.15) is 4.31 Å². The highest BCUT2D eigenvalue weighted by Gasteiger charge is 2.29. The number of furan rings is 1. The summed E-state index contributed by atoms with van der Waals surface area (Å²) in [5, 5.41) is 4.65. The average molecular weight is 355 g/mol. The maximum atomic E-state index is 12.5. The van der Waals surface area contributed by atoms with Gasteiger partial charge in [0.2, 0.25) is 5.09 Å². The summed E-state index contributed by atoms with van der Waals surface area (Å²) in [5.41, 5.74) is 0.804. The maximum absolute atomic E-state index is 12.5. The first-order valence-corrected chi connectivity index (χ1v) is 9.62. The van der Waals surface area contributed by atoms with Gasteiger partial charge in [-0.25, -0.2) is 13.4 Å². The molecule has 1 N–H and O–H groups in total. The molecule has 0 radical (unpaired) electrons. The Bertz CT molecular complexity index is 804. The lowest BCUT2D eigenvalue weighted by Gasteiger charge is -2.24. The highest BCUT2D eigenvalue weighted by atomic mass is 32.2. The predicted molar refractivity (Wildman–Crippen MR) is 86.1 cm³/mol. The third-order valence-electron chi connectivity index (χ3n) is 3.55. The Balaban J connectivity index is 1.75. The summed E-state index contributed by atoms with van der Waals surface area (Å²) in [4.78, 5) is 16.2. The van der Waals surface area contributed by atoms with Crippen LogP contribution in [0.15, 0.2) is 27.0 Å². The van der Waals surface area contributed by atoms with Crippen LogP contribution in [0.5, 0.6) is 0 Å². The maximum Gasteiger partial charge on any atom is 0.293 e. The zero-order valence-electron chi connectivity index (χ0n) is 12.6. The standard InChI is InChI=1S/C14H17N3O4S2/c1-10-9-22-14(15-10)16-13(18)11-5-6-12(21-11)23(19,20)17-7-3-2-4-8-17/h5-6,9H,2-4,7-8H2,1H3,(H,15,16,18). The molecule has 7 nitrogen and oxygen atoms in total. The van der Waals surface area contributed by atoms with Gasteiger partial charge in [-0.15, -0.1) is 11.3 Å². The van der Waals surface area contributed by atoms with Gasteiger partial charge < -0.3 is 4.42 Å². The fourth-order valence-electron chi connectivity index (χ4n) is 2.38. The summed E-state index contributed by atoms with van der Waals surface area (Å²) < 4.78 is 31.6. The van der Waals surface area contributed by atoms with Crippen LogP contribution in [-0.4, -0.2) is 36.7 Å². The van der Waals surface area contributed by atoms with E-state index >= 15 is 0 Å². The lowest BCUT2D eigenvalue weighted by molar-refractivity contribution is 0.0991. The molecule has 3 rings (SSSR count). The summed E-state index contributed by atoms with van der Waals surface area (Å²) in [6.07, 6.45) is 2.72. The van der Waals surface area contributed by atoms with Gasteiger partial charge in [0.05, 0.1) is 5.69 Å². The van der Waals surface area contributed by atoms with Gasteiger partial charge in [0.1, 0.15) is 0 Å². The molecule has 0 atom stereocenters. The summed E-state index contributed by atoms with van der Waals surface area (Å²) in [6, 6.07) is 2.69. The van der Waals surface area contributed by atoms with Crippen molar-refractivity contribution < 1.29 is 17.6 Å². The van der Waals surface area contributed by atoms with Crippen molar-refractivity contribution in [2.45, 2.75) is 31.3 Å². The Hall–Kier alpha value is -1.71. The van der Waals surface area contributed by atoms with Crippen LogP contribution < -0.4 is 5.32 Å². The second kappa shape index (κ2) is 6.42. The minimum Gasteiger partial charge on any atom is -0.438 e. The highest BCUT2D eigenvalue weighted by molar-refractivity contribution is 7.89. The molecule has 0 aromatic carbocycles. The SMILES string of the molecule is Cc1csc(NC(=O)c2ccc(S(=O)(=O)N3CCCCC3)o2)n1. The fourth-order valence-corrected chi connectivity index (χ4v) is 4.50. The van der Waals surface area contributed by atoms with Gasteiger partial charge in [0, 0.05) is 18.5 Å². The second-order valence-electron chi connectivity index (χ2n) is 5.33. The van der Waals surface area contributed by atoms with E-state index < -0.39 is 15.9 Å². The largest absolute Gasteiger partial charge is 0.438 e. The van der Waals surface area contributed by atoms with Gasteiger partial charge in [-0.3, -0.25) is 10.1 Å². The molecule has 1 aliphatic rings. The van der Waals surface area contributed by atoms with E-state index in [-0.39, 0.29) is 10.9 Å². The van der Waals surface area contributed by atoms with Crippen molar-refractivity contribution in [1.82, 2.24) is 9.29 Å². The van der Waals surface area contributed by atoms with Crippen molar-refractivity contribution in [3.63, 3.8) is 0 Å². The van der Waals surface area contributed by atoms with E-state index in [1.54, 1.807) is 0 Å². The summed E-state index contributed by atoms with van der Waals surface area (Å²) in [7, 11) is -3.67. The number of thiazole rings is 1. The number of hydrogen-bond acceptors (Lipinski definition) is 6. The second-order valence-corrected chi connectivity index (χ2v) is 8.06. The molecule has 23 heavy (non-hydrogen) atoms. The molecule has 1 fully saturated rings. The Morgan fingerprint density at radius 3 is 2.70 bits per heavy atom. The number of piperidine rings is 1. The number of sulfonamides is 1. The number of hydrogen-bond donors (Lipinski definition) is 1. The molecule has 124 valence electrons. The Morgan fingerprint density at radius 1 is 1.30 bits per heavy atom. The van der Waals surface area contributed by atoms with E-state index in [0.717, 1.165) is 25.0 Å². The molecule has 9 heteroatoms. The summed E-state index contributed by atoms with van der Waals surface area (Å²) >= 11 is 1.30. The van der Waals surface area contributed by atoms with Gasteiger partial charge in [-0.05, 0) is 31.9 Å². The number of aromatic nitrogens is 1.